The summed E-state index contributed by atoms with van der Waals surface area (Å²) in [7, 11) is 2.07. The second kappa shape index (κ2) is 7.49. The molecule has 18 heavy (non-hydrogen) atoms. The molecular formula is C16H32N2. The fourth-order valence-electron chi connectivity index (χ4n) is 3.79. The molecule has 2 nitrogen and oxygen atoms in total. The lowest BCUT2D eigenvalue weighted by Crippen LogP contribution is -2.41. The first kappa shape index (κ1) is 14.3. The predicted octanol–water partition coefficient (Wildman–Crippen LogP) is 3.28. The molecule has 2 aliphatic rings. The van der Waals surface area contributed by atoms with Crippen LogP contribution in [-0.2, 0) is 0 Å². The monoisotopic (exact) mass is 252 g/mol. The highest BCUT2D eigenvalue weighted by Gasteiger charge is 2.26. The Bertz CT molecular complexity index is 221. The minimum atomic E-state index is 0.917. The lowest BCUT2D eigenvalue weighted by atomic mass is 9.91. The van der Waals surface area contributed by atoms with Crippen LogP contribution in [0.2, 0.25) is 0 Å². The number of likely N-dealkylation sites (tertiary alicyclic amines) is 1. The molecule has 2 atom stereocenters. The van der Waals surface area contributed by atoms with Crippen LogP contribution in [0.4, 0.5) is 0 Å². The van der Waals surface area contributed by atoms with Crippen molar-refractivity contribution in [3.63, 3.8) is 0 Å². The maximum atomic E-state index is 3.29. The van der Waals surface area contributed by atoms with Crippen molar-refractivity contribution in [2.45, 2.75) is 64.3 Å². The molecule has 0 amide bonds. The van der Waals surface area contributed by atoms with Gasteiger partial charge in [0, 0.05) is 6.04 Å². The van der Waals surface area contributed by atoms with E-state index in [0.717, 1.165) is 17.9 Å². The first-order valence-electron chi connectivity index (χ1n) is 8.18. The van der Waals surface area contributed by atoms with Crippen molar-refractivity contribution in [3.05, 3.63) is 0 Å². The number of piperidine rings is 1. The number of rotatable bonds is 4. The summed E-state index contributed by atoms with van der Waals surface area (Å²) in [6.45, 7) is 6.37. The van der Waals surface area contributed by atoms with Gasteiger partial charge in [-0.15, -0.1) is 0 Å². The van der Waals surface area contributed by atoms with Crippen LogP contribution >= 0.6 is 0 Å². The van der Waals surface area contributed by atoms with E-state index in [2.05, 4.69) is 24.2 Å². The zero-order valence-electron chi connectivity index (χ0n) is 12.5. The number of hydrogen-bond acceptors (Lipinski definition) is 2. The lowest BCUT2D eigenvalue weighted by Gasteiger charge is -2.37. The van der Waals surface area contributed by atoms with E-state index in [1.54, 1.807) is 0 Å². The van der Waals surface area contributed by atoms with Crippen LogP contribution < -0.4 is 5.32 Å². The van der Waals surface area contributed by atoms with E-state index in [4.69, 9.17) is 0 Å². The van der Waals surface area contributed by atoms with Crippen molar-refractivity contribution in [3.8, 4) is 0 Å². The van der Waals surface area contributed by atoms with Crippen LogP contribution in [-0.4, -0.2) is 37.6 Å². The van der Waals surface area contributed by atoms with E-state index in [-0.39, 0.29) is 0 Å². The number of nitrogens with zero attached hydrogens (tertiary/aromatic N) is 1. The first-order chi connectivity index (χ1) is 8.79. The molecule has 0 bridgehead atoms. The summed E-state index contributed by atoms with van der Waals surface area (Å²) in [4.78, 5) is 2.81. The molecule has 1 N–H and O–H groups in total. The van der Waals surface area contributed by atoms with Crippen LogP contribution in [0, 0.1) is 11.8 Å². The fourth-order valence-corrected chi connectivity index (χ4v) is 3.79. The van der Waals surface area contributed by atoms with Gasteiger partial charge in [0.15, 0.2) is 0 Å². The molecule has 2 heteroatoms. The third-order valence-electron chi connectivity index (χ3n) is 5.20. The Balaban J connectivity index is 1.71. The van der Waals surface area contributed by atoms with Gasteiger partial charge in [0.25, 0.3) is 0 Å². The molecule has 2 unspecified atom stereocenters. The van der Waals surface area contributed by atoms with Gasteiger partial charge in [0.1, 0.15) is 0 Å². The highest BCUT2D eigenvalue weighted by Crippen LogP contribution is 2.29. The zero-order chi connectivity index (χ0) is 12.8. The molecule has 1 aliphatic heterocycles. The fraction of sp³-hybridized carbons (Fsp3) is 1.00. The minimum Gasteiger partial charge on any atom is -0.320 e. The maximum Gasteiger partial charge on any atom is 0.00953 e. The van der Waals surface area contributed by atoms with E-state index in [0.29, 0.717) is 0 Å². The predicted molar refractivity (Wildman–Crippen MR) is 78.9 cm³/mol. The summed E-state index contributed by atoms with van der Waals surface area (Å²) in [5, 5.41) is 3.29. The molecule has 1 saturated carbocycles. The van der Waals surface area contributed by atoms with Crippen molar-refractivity contribution in [1.29, 1.82) is 0 Å². The van der Waals surface area contributed by atoms with Crippen LogP contribution in [0.1, 0.15) is 58.3 Å². The van der Waals surface area contributed by atoms with Crippen molar-refractivity contribution >= 4 is 0 Å². The largest absolute Gasteiger partial charge is 0.320 e. The Labute approximate surface area is 114 Å². The van der Waals surface area contributed by atoms with E-state index in [1.165, 1.54) is 71.0 Å². The molecule has 2 rings (SSSR count). The molecule has 0 aromatic heterocycles. The molecule has 1 aliphatic carbocycles. The van der Waals surface area contributed by atoms with Gasteiger partial charge >= 0.3 is 0 Å². The van der Waals surface area contributed by atoms with Gasteiger partial charge in [-0.3, -0.25) is 0 Å². The van der Waals surface area contributed by atoms with Crippen molar-refractivity contribution in [2.75, 3.05) is 26.7 Å². The molecule has 1 heterocycles. The molecule has 1 saturated heterocycles. The van der Waals surface area contributed by atoms with Crippen LogP contribution in [0.5, 0.6) is 0 Å². The van der Waals surface area contributed by atoms with Crippen molar-refractivity contribution in [1.82, 2.24) is 10.2 Å². The molecule has 0 radical (unpaired) electrons. The number of hydrogen-bond donors (Lipinski definition) is 1. The lowest BCUT2D eigenvalue weighted by molar-refractivity contribution is 0.118. The van der Waals surface area contributed by atoms with E-state index in [1.807, 2.05) is 0 Å². The summed E-state index contributed by atoms with van der Waals surface area (Å²) in [6, 6.07) is 0.917. The van der Waals surface area contributed by atoms with Gasteiger partial charge in [-0.05, 0) is 77.0 Å². The average Bonchev–Trinajstić information content (AvgIpc) is 2.62. The molecule has 106 valence electrons. The Kier molecular flexibility index (Phi) is 5.97. The van der Waals surface area contributed by atoms with Crippen molar-refractivity contribution < 1.29 is 0 Å². The quantitative estimate of drug-likeness (QED) is 0.773. The summed E-state index contributed by atoms with van der Waals surface area (Å²) >= 11 is 0. The van der Waals surface area contributed by atoms with Gasteiger partial charge in [-0.1, -0.05) is 19.8 Å². The topological polar surface area (TPSA) is 15.3 Å². The van der Waals surface area contributed by atoms with Gasteiger partial charge < -0.3 is 10.2 Å². The molecule has 2 fully saturated rings. The second-order valence-corrected chi connectivity index (χ2v) is 6.64. The first-order valence-corrected chi connectivity index (χ1v) is 8.18. The van der Waals surface area contributed by atoms with Crippen LogP contribution in [0.3, 0.4) is 0 Å². The van der Waals surface area contributed by atoms with Crippen molar-refractivity contribution in [2.24, 2.45) is 11.8 Å². The third-order valence-corrected chi connectivity index (χ3v) is 5.20. The summed E-state index contributed by atoms with van der Waals surface area (Å²) < 4.78 is 0. The second-order valence-electron chi connectivity index (χ2n) is 6.64. The Hall–Kier alpha value is -0.0800. The van der Waals surface area contributed by atoms with Gasteiger partial charge in [0.05, 0.1) is 0 Å². The van der Waals surface area contributed by atoms with Gasteiger partial charge in [-0.25, -0.2) is 0 Å². The molecule has 0 aromatic rings. The van der Waals surface area contributed by atoms with E-state index in [9.17, 15) is 0 Å². The maximum absolute atomic E-state index is 3.29. The summed E-state index contributed by atoms with van der Waals surface area (Å²) in [5.74, 6) is 1.96. The SMILES string of the molecule is CNCCC1CCN(C2CCCC(C)CC2)CC1. The van der Waals surface area contributed by atoms with Gasteiger partial charge in [0.2, 0.25) is 0 Å². The van der Waals surface area contributed by atoms with Crippen LogP contribution in [0.25, 0.3) is 0 Å². The zero-order valence-corrected chi connectivity index (χ0v) is 12.5. The normalized spacial score (nSPS) is 32.3. The molecule has 0 spiro atoms. The summed E-state index contributed by atoms with van der Waals surface area (Å²) in [6.07, 6.45) is 11.6. The minimum absolute atomic E-state index is 0.917. The Morgan fingerprint density at radius 1 is 1.00 bits per heavy atom. The third kappa shape index (κ3) is 4.24. The van der Waals surface area contributed by atoms with Crippen LogP contribution in [0.15, 0.2) is 0 Å². The summed E-state index contributed by atoms with van der Waals surface area (Å²) in [5.41, 5.74) is 0. The Morgan fingerprint density at radius 2 is 1.78 bits per heavy atom. The highest BCUT2D eigenvalue weighted by atomic mass is 15.2. The van der Waals surface area contributed by atoms with E-state index < -0.39 is 0 Å². The average molecular weight is 252 g/mol. The Morgan fingerprint density at radius 3 is 2.50 bits per heavy atom. The number of nitrogens with one attached hydrogen (secondary N) is 1. The van der Waals surface area contributed by atoms with Gasteiger partial charge in [-0.2, -0.15) is 0 Å². The smallest absolute Gasteiger partial charge is 0.00953 e. The molecule has 0 aromatic carbocycles. The molecular weight excluding hydrogens is 220 g/mol. The van der Waals surface area contributed by atoms with E-state index >= 15 is 0 Å². The standard InChI is InChI=1S/C16H32N2/c1-14-4-3-5-16(7-6-14)18-12-9-15(10-13-18)8-11-17-2/h14-17H,3-13H2,1-2H3. The highest BCUT2D eigenvalue weighted by molar-refractivity contribution is 4.81.